The second-order valence-electron chi connectivity index (χ2n) is 10.1. The van der Waals surface area contributed by atoms with Crippen molar-refractivity contribution in [3.63, 3.8) is 0 Å². The Labute approximate surface area is 276 Å². The van der Waals surface area contributed by atoms with E-state index in [2.05, 4.69) is 48.8 Å². The molecule has 244 valence electrons. The number of pyridine rings is 2. The number of aromatic nitrogens is 2. The van der Waals surface area contributed by atoms with Crippen LogP contribution in [0.4, 0.5) is 0 Å². The maximum Gasteiger partial charge on any atom is 0.294 e. The molecule has 0 aliphatic carbocycles. The molecule has 2 unspecified atom stereocenters. The van der Waals surface area contributed by atoms with E-state index in [0.717, 1.165) is 38.5 Å². The van der Waals surface area contributed by atoms with Crippen LogP contribution < -0.4 is 9.47 Å². The Morgan fingerprint density at radius 1 is 1.00 bits per heavy atom. The van der Waals surface area contributed by atoms with E-state index in [1.165, 1.54) is 12.1 Å². The molecule has 0 spiro atoms. The molecule has 14 heteroatoms. The molecule has 2 atom stereocenters. The van der Waals surface area contributed by atoms with Crippen LogP contribution in [0.2, 0.25) is 0 Å². The summed E-state index contributed by atoms with van der Waals surface area (Å²) >= 11 is 6.73. The fourth-order valence-corrected chi connectivity index (χ4v) is 4.90. The highest BCUT2D eigenvalue weighted by Gasteiger charge is 2.33. The van der Waals surface area contributed by atoms with Crippen LogP contribution in [0.3, 0.4) is 0 Å². The van der Waals surface area contributed by atoms with Gasteiger partial charge in [-0.3, -0.25) is 4.55 Å². The van der Waals surface area contributed by atoms with Gasteiger partial charge in [-0.1, -0.05) is 31.5 Å². The predicted octanol–water partition coefficient (Wildman–Crippen LogP) is 5.32. The van der Waals surface area contributed by atoms with Crippen LogP contribution in [0, 0.1) is 6.92 Å². The quantitative estimate of drug-likeness (QED) is 0.230. The molecule has 0 saturated carbocycles. The van der Waals surface area contributed by atoms with E-state index in [-0.39, 0.29) is 24.2 Å². The molecule has 11 nitrogen and oxygen atoms in total. The average Bonchev–Trinajstić information content (AvgIpc) is 3.34. The lowest BCUT2D eigenvalue weighted by molar-refractivity contribution is -0.141. The summed E-state index contributed by atoms with van der Waals surface area (Å²) < 4.78 is 53.6. The zero-order valence-corrected chi connectivity index (χ0v) is 29.4. The van der Waals surface area contributed by atoms with E-state index in [1.54, 1.807) is 24.5 Å². The van der Waals surface area contributed by atoms with Gasteiger partial charge in [-0.25, -0.2) is 9.97 Å². The smallest absolute Gasteiger partial charge is 0.294 e. The number of aliphatic hydroxyl groups is 2. The van der Waals surface area contributed by atoms with Crippen molar-refractivity contribution in [3.05, 3.63) is 74.4 Å². The van der Waals surface area contributed by atoms with Crippen molar-refractivity contribution in [1.29, 1.82) is 0 Å². The van der Waals surface area contributed by atoms with Crippen molar-refractivity contribution >= 4 is 42.0 Å². The number of ether oxygens (including phenoxy) is 4. The van der Waals surface area contributed by atoms with Gasteiger partial charge in [0.05, 0.1) is 18.1 Å². The highest BCUT2D eigenvalue weighted by atomic mass is 79.9. The first-order chi connectivity index (χ1) is 20.7. The summed E-state index contributed by atoms with van der Waals surface area (Å²) in [4.78, 5) is 8.31. The number of nitrogens with zero attached hydrogens (tertiary/aromatic N) is 2. The normalized spacial score (nSPS) is 16.2. The van der Waals surface area contributed by atoms with Gasteiger partial charge >= 0.3 is 0 Å². The molecule has 3 aromatic rings. The van der Waals surface area contributed by atoms with Crippen LogP contribution in [-0.2, 0) is 32.4 Å². The first-order valence-corrected chi connectivity index (χ1v) is 16.9. The van der Waals surface area contributed by atoms with Gasteiger partial charge < -0.3 is 29.2 Å². The number of halogens is 2. The van der Waals surface area contributed by atoms with Gasteiger partial charge in [0, 0.05) is 32.5 Å². The van der Waals surface area contributed by atoms with Crippen molar-refractivity contribution < 1.29 is 42.1 Å². The fraction of sp³-hybridized carbons (Fsp3) is 0.467. The molecule has 0 radical (unpaired) electrons. The highest BCUT2D eigenvalue weighted by Crippen LogP contribution is 2.25. The topological polar surface area (TPSA) is 158 Å². The summed E-state index contributed by atoms with van der Waals surface area (Å²) in [7, 11) is -4.02. The first kappa shape index (κ1) is 38.0. The van der Waals surface area contributed by atoms with Crippen LogP contribution in [0.1, 0.15) is 44.4 Å². The van der Waals surface area contributed by atoms with Gasteiger partial charge in [0.1, 0.15) is 25.4 Å². The monoisotopic (exact) mass is 762 g/mol. The molecule has 0 amide bonds. The van der Waals surface area contributed by atoms with Crippen molar-refractivity contribution in [3.8, 4) is 11.8 Å². The number of hydrogen-bond donors (Lipinski definition) is 3. The second kappa shape index (κ2) is 18.1. The number of rotatable bonds is 10. The van der Waals surface area contributed by atoms with E-state index < -0.39 is 22.0 Å². The number of aliphatic hydroxyl groups excluding tert-OH is 2. The maximum atomic E-state index is 10.5. The Hall–Kier alpha value is -2.17. The largest absolute Gasteiger partial charge is 0.475 e. The third-order valence-electron chi connectivity index (χ3n) is 5.96. The minimum Gasteiger partial charge on any atom is -0.475 e. The van der Waals surface area contributed by atoms with Gasteiger partial charge in [-0.05, 0) is 89.7 Å². The number of benzene rings is 1. The summed E-state index contributed by atoms with van der Waals surface area (Å²) in [5.74, 6) is 0.677. The molecule has 1 fully saturated rings. The standard InChI is InChI=1S/C13H18BrNO3.C10H14BrNO3.C7H8O3S/c1-4-9-5-10(14)6-15-12(9)16-7-11-8-17-13(2,3)18-11;1-2-7-3-8(11)4-12-10(7)15-6-9(14)5-13;1-6-2-4-7(5-3-6)11(8,9)10/h5-6,11H,4,7-8H2,1-3H3;3-4,9,13-14H,2,5-6H2,1H3;2-5H,1H3,(H,8,9,10). The molecule has 3 heterocycles. The van der Waals surface area contributed by atoms with Crippen molar-refractivity contribution in [2.45, 2.75) is 70.4 Å². The highest BCUT2D eigenvalue weighted by molar-refractivity contribution is 9.10. The maximum absolute atomic E-state index is 10.5. The van der Waals surface area contributed by atoms with E-state index >= 15 is 0 Å². The van der Waals surface area contributed by atoms with Crippen molar-refractivity contribution in [2.75, 3.05) is 26.4 Å². The van der Waals surface area contributed by atoms with E-state index in [4.69, 9.17) is 33.7 Å². The fourth-order valence-electron chi connectivity index (χ4n) is 3.66. The van der Waals surface area contributed by atoms with E-state index in [1.807, 2.05) is 39.8 Å². The Balaban J connectivity index is 0.000000237. The molecular weight excluding hydrogens is 724 g/mol. The summed E-state index contributed by atoms with van der Waals surface area (Å²) in [6.07, 6.45) is 4.17. The third-order valence-corrected chi connectivity index (χ3v) is 7.70. The first-order valence-electron chi connectivity index (χ1n) is 13.9. The lowest BCUT2D eigenvalue weighted by Gasteiger charge is -2.17. The van der Waals surface area contributed by atoms with Crippen molar-refractivity contribution in [1.82, 2.24) is 9.97 Å². The van der Waals surface area contributed by atoms with Crippen molar-refractivity contribution in [2.24, 2.45) is 0 Å². The average molecular weight is 765 g/mol. The summed E-state index contributed by atoms with van der Waals surface area (Å²) in [5, 5.41) is 17.8. The summed E-state index contributed by atoms with van der Waals surface area (Å²) in [6.45, 7) is 10.5. The zero-order valence-electron chi connectivity index (χ0n) is 25.4. The molecule has 1 aliphatic rings. The van der Waals surface area contributed by atoms with Crippen LogP contribution in [0.5, 0.6) is 11.8 Å². The molecule has 44 heavy (non-hydrogen) atoms. The molecule has 2 aromatic heterocycles. The lowest BCUT2D eigenvalue weighted by Crippen LogP contribution is -2.25. The Morgan fingerprint density at radius 3 is 1.95 bits per heavy atom. The van der Waals surface area contributed by atoms with E-state index in [9.17, 15) is 8.42 Å². The van der Waals surface area contributed by atoms with Crippen LogP contribution in [0.15, 0.2) is 62.6 Å². The molecule has 1 aromatic carbocycles. The molecule has 1 aliphatic heterocycles. The van der Waals surface area contributed by atoms with Crippen LogP contribution >= 0.6 is 31.9 Å². The second-order valence-corrected chi connectivity index (χ2v) is 13.4. The molecule has 0 bridgehead atoms. The minimum atomic E-state index is -4.02. The molecule has 1 saturated heterocycles. The number of hydrogen-bond acceptors (Lipinski definition) is 10. The summed E-state index contributed by atoms with van der Waals surface area (Å²) in [6, 6.07) is 9.94. The van der Waals surface area contributed by atoms with Crippen LogP contribution in [0.25, 0.3) is 0 Å². The van der Waals surface area contributed by atoms with Gasteiger partial charge in [-0.15, -0.1) is 0 Å². The van der Waals surface area contributed by atoms with Gasteiger partial charge in [-0.2, -0.15) is 8.42 Å². The Morgan fingerprint density at radius 2 is 1.52 bits per heavy atom. The van der Waals surface area contributed by atoms with Crippen LogP contribution in [-0.4, -0.2) is 77.6 Å². The Kier molecular flexibility index (Phi) is 15.6. The molecular formula is C30H40Br2N2O9S. The van der Waals surface area contributed by atoms with Gasteiger partial charge in [0.2, 0.25) is 11.8 Å². The summed E-state index contributed by atoms with van der Waals surface area (Å²) in [5.41, 5.74) is 3.01. The lowest BCUT2D eigenvalue weighted by atomic mass is 10.2. The Bertz CT molecular complexity index is 1420. The predicted molar refractivity (Wildman–Crippen MR) is 173 cm³/mol. The van der Waals surface area contributed by atoms with Gasteiger partial charge in [0.15, 0.2) is 5.79 Å². The third kappa shape index (κ3) is 13.4. The molecule has 4 rings (SSSR count). The van der Waals surface area contributed by atoms with Gasteiger partial charge in [0.25, 0.3) is 10.1 Å². The minimum absolute atomic E-state index is 0.0323. The zero-order chi connectivity index (χ0) is 32.9. The van der Waals surface area contributed by atoms with E-state index in [0.29, 0.717) is 25.0 Å². The SMILES string of the molecule is CCc1cc(Br)cnc1OCC(O)CO.CCc1cc(Br)cnc1OCC1COC(C)(C)O1.Cc1ccc(S(=O)(=O)O)cc1. The molecule has 3 N–H and O–H groups in total. The number of aryl methyl sites for hydroxylation is 3.